The van der Waals surface area contributed by atoms with E-state index in [9.17, 15) is 10.2 Å². The van der Waals surface area contributed by atoms with E-state index in [2.05, 4.69) is 5.10 Å². The van der Waals surface area contributed by atoms with Gasteiger partial charge in [-0.2, -0.15) is 5.10 Å². The molecular formula is C11H18N2O3. The van der Waals surface area contributed by atoms with Gasteiger partial charge in [-0.05, 0) is 12.8 Å². The average molecular weight is 226 g/mol. The number of aryl methyl sites for hydroxylation is 1. The highest BCUT2D eigenvalue weighted by molar-refractivity contribution is 5.29. The lowest BCUT2D eigenvalue weighted by atomic mass is 9.92. The monoisotopic (exact) mass is 226 g/mol. The fourth-order valence-corrected chi connectivity index (χ4v) is 2.41. The summed E-state index contributed by atoms with van der Waals surface area (Å²) in [5, 5.41) is 24.6. The highest BCUT2D eigenvalue weighted by atomic mass is 16.5. The number of hydrogen-bond donors (Lipinski definition) is 2. The number of aliphatic hydroxyl groups is 2. The quantitative estimate of drug-likeness (QED) is 0.798. The van der Waals surface area contributed by atoms with Crippen molar-refractivity contribution < 1.29 is 14.9 Å². The maximum atomic E-state index is 10.3. The Morgan fingerprint density at radius 3 is 2.69 bits per heavy atom. The second-order valence-corrected chi connectivity index (χ2v) is 4.44. The first-order valence-corrected chi connectivity index (χ1v) is 5.55. The van der Waals surface area contributed by atoms with Gasteiger partial charge in [0.1, 0.15) is 11.8 Å². The zero-order chi connectivity index (χ0) is 11.8. The van der Waals surface area contributed by atoms with Gasteiger partial charge in [-0.15, -0.1) is 0 Å². The number of ether oxygens (including phenoxy) is 1. The maximum absolute atomic E-state index is 10.3. The van der Waals surface area contributed by atoms with Crippen molar-refractivity contribution in [3.63, 3.8) is 0 Å². The molecule has 90 valence electrons. The predicted molar refractivity (Wildman–Crippen MR) is 58.1 cm³/mol. The van der Waals surface area contributed by atoms with Gasteiger partial charge < -0.3 is 14.9 Å². The van der Waals surface area contributed by atoms with Crippen molar-refractivity contribution in [2.45, 2.75) is 37.4 Å². The summed E-state index contributed by atoms with van der Waals surface area (Å²) >= 11 is 0. The lowest BCUT2D eigenvalue weighted by Crippen LogP contribution is -2.34. The standard InChI is InChI=1S/C11H18N2O3/c1-13-9(8(16-2)7-12-13)10(14)11(15)5-3-4-6-11/h7,10,14-15H,3-6H2,1-2H3. The summed E-state index contributed by atoms with van der Waals surface area (Å²) in [5.41, 5.74) is -0.479. The fraction of sp³-hybridized carbons (Fsp3) is 0.727. The highest BCUT2D eigenvalue weighted by Gasteiger charge is 2.42. The van der Waals surface area contributed by atoms with Crippen molar-refractivity contribution in [3.8, 4) is 5.75 Å². The molecule has 1 aliphatic rings. The molecule has 1 heterocycles. The van der Waals surface area contributed by atoms with Gasteiger partial charge in [-0.25, -0.2) is 0 Å². The van der Waals surface area contributed by atoms with Crippen molar-refractivity contribution in [3.05, 3.63) is 11.9 Å². The third kappa shape index (κ3) is 1.70. The van der Waals surface area contributed by atoms with Crippen LogP contribution in [0, 0.1) is 0 Å². The van der Waals surface area contributed by atoms with Crippen LogP contribution in [0.2, 0.25) is 0 Å². The van der Waals surface area contributed by atoms with Gasteiger partial charge in [0.15, 0.2) is 5.75 Å². The lowest BCUT2D eigenvalue weighted by molar-refractivity contribution is -0.0761. The van der Waals surface area contributed by atoms with Gasteiger partial charge in [-0.1, -0.05) is 12.8 Å². The molecule has 5 heteroatoms. The first-order chi connectivity index (χ1) is 7.58. The third-order valence-electron chi connectivity index (χ3n) is 3.41. The second-order valence-electron chi connectivity index (χ2n) is 4.44. The number of aromatic nitrogens is 2. The molecule has 16 heavy (non-hydrogen) atoms. The molecule has 0 radical (unpaired) electrons. The van der Waals surface area contributed by atoms with Crippen molar-refractivity contribution in [2.24, 2.45) is 7.05 Å². The SMILES string of the molecule is COc1cnn(C)c1C(O)C1(O)CCCC1. The van der Waals surface area contributed by atoms with Crippen LogP contribution >= 0.6 is 0 Å². The number of hydrogen-bond acceptors (Lipinski definition) is 4. The first kappa shape index (κ1) is 11.4. The minimum Gasteiger partial charge on any atom is -0.493 e. The molecule has 2 N–H and O–H groups in total. The molecular weight excluding hydrogens is 208 g/mol. The lowest BCUT2D eigenvalue weighted by Gasteiger charge is -2.28. The summed E-state index contributed by atoms with van der Waals surface area (Å²) in [4.78, 5) is 0. The number of rotatable bonds is 3. The van der Waals surface area contributed by atoms with Crippen LogP contribution in [0.25, 0.3) is 0 Å². The van der Waals surface area contributed by atoms with Crippen LogP contribution in [-0.4, -0.2) is 32.7 Å². The Morgan fingerprint density at radius 2 is 2.12 bits per heavy atom. The van der Waals surface area contributed by atoms with Gasteiger partial charge >= 0.3 is 0 Å². The molecule has 0 spiro atoms. The molecule has 1 unspecified atom stereocenters. The van der Waals surface area contributed by atoms with Gasteiger partial charge in [-0.3, -0.25) is 4.68 Å². The Morgan fingerprint density at radius 1 is 1.50 bits per heavy atom. The number of methoxy groups -OCH3 is 1. The third-order valence-corrected chi connectivity index (χ3v) is 3.41. The Labute approximate surface area is 94.7 Å². The smallest absolute Gasteiger partial charge is 0.162 e. The largest absolute Gasteiger partial charge is 0.493 e. The molecule has 1 aromatic heterocycles. The molecule has 1 fully saturated rings. The van der Waals surface area contributed by atoms with E-state index in [1.54, 1.807) is 17.9 Å². The van der Waals surface area contributed by atoms with Gasteiger partial charge in [0, 0.05) is 7.05 Å². The average Bonchev–Trinajstić information content (AvgIpc) is 2.85. The van der Waals surface area contributed by atoms with Crippen molar-refractivity contribution >= 4 is 0 Å². The molecule has 0 saturated heterocycles. The Hall–Kier alpha value is -1.07. The van der Waals surface area contributed by atoms with Crippen LogP contribution in [0.15, 0.2) is 6.20 Å². The summed E-state index contributed by atoms with van der Waals surface area (Å²) in [5.74, 6) is 0.523. The van der Waals surface area contributed by atoms with Crippen molar-refractivity contribution in [2.75, 3.05) is 7.11 Å². The number of aliphatic hydroxyl groups excluding tert-OH is 1. The zero-order valence-electron chi connectivity index (χ0n) is 9.68. The van der Waals surface area contributed by atoms with Crippen LogP contribution < -0.4 is 4.74 Å². The Bertz CT molecular complexity index is 369. The van der Waals surface area contributed by atoms with E-state index in [0.717, 1.165) is 12.8 Å². The van der Waals surface area contributed by atoms with Crippen LogP contribution in [0.5, 0.6) is 5.75 Å². The summed E-state index contributed by atoms with van der Waals surface area (Å²) in [6, 6.07) is 0. The van der Waals surface area contributed by atoms with E-state index >= 15 is 0 Å². The van der Waals surface area contributed by atoms with Gasteiger partial charge in [0.25, 0.3) is 0 Å². The van der Waals surface area contributed by atoms with Crippen LogP contribution in [0.1, 0.15) is 37.5 Å². The molecule has 0 aromatic carbocycles. The molecule has 1 saturated carbocycles. The Kier molecular flexibility index (Phi) is 2.90. The van der Waals surface area contributed by atoms with Crippen LogP contribution in [0.4, 0.5) is 0 Å². The molecule has 0 amide bonds. The highest BCUT2D eigenvalue weighted by Crippen LogP contribution is 2.41. The molecule has 5 nitrogen and oxygen atoms in total. The topological polar surface area (TPSA) is 67.5 Å². The van der Waals surface area contributed by atoms with E-state index in [0.29, 0.717) is 24.3 Å². The summed E-state index contributed by atoms with van der Waals surface area (Å²) in [6.45, 7) is 0. The fourth-order valence-electron chi connectivity index (χ4n) is 2.41. The minimum atomic E-state index is -1.03. The molecule has 2 rings (SSSR count). The second kappa shape index (κ2) is 4.07. The van der Waals surface area contributed by atoms with E-state index in [-0.39, 0.29) is 0 Å². The minimum absolute atomic E-state index is 0.523. The molecule has 0 aliphatic heterocycles. The summed E-state index contributed by atoms with van der Waals surface area (Å²) in [6.07, 6.45) is 3.78. The predicted octanol–water partition coefficient (Wildman–Crippen LogP) is 0.767. The van der Waals surface area contributed by atoms with Gasteiger partial charge in [0.2, 0.25) is 0 Å². The first-order valence-electron chi connectivity index (χ1n) is 5.55. The van der Waals surface area contributed by atoms with E-state index in [1.165, 1.54) is 7.11 Å². The van der Waals surface area contributed by atoms with Crippen LogP contribution in [-0.2, 0) is 7.05 Å². The zero-order valence-corrected chi connectivity index (χ0v) is 9.68. The number of nitrogens with zero attached hydrogens (tertiary/aromatic N) is 2. The van der Waals surface area contributed by atoms with E-state index in [1.807, 2.05) is 0 Å². The van der Waals surface area contributed by atoms with Gasteiger partial charge in [0.05, 0.1) is 18.9 Å². The maximum Gasteiger partial charge on any atom is 0.162 e. The molecule has 1 atom stereocenters. The van der Waals surface area contributed by atoms with E-state index in [4.69, 9.17) is 4.74 Å². The summed E-state index contributed by atoms with van der Waals surface area (Å²) in [7, 11) is 3.27. The Balaban J connectivity index is 2.32. The molecule has 0 bridgehead atoms. The molecule has 1 aliphatic carbocycles. The normalized spacial score (nSPS) is 21.0. The van der Waals surface area contributed by atoms with Crippen molar-refractivity contribution in [1.82, 2.24) is 9.78 Å². The van der Waals surface area contributed by atoms with E-state index < -0.39 is 11.7 Å². The summed E-state index contributed by atoms with van der Waals surface area (Å²) < 4.78 is 6.69. The molecule has 1 aromatic rings. The van der Waals surface area contributed by atoms with Crippen LogP contribution in [0.3, 0.4) is 0 Å². The van der Waals surface area contributed by atoms with Crippen molar-refractivity contribution in [1.29, 1.82) is 0 Å².